The molecule has 0 aromatic rings. The van der Waals surface area contributed by atoms with Gasteiger partial charge in [0, 0.05) is 26.6 Å². The molecule has 2 fully saturated rings. The van der Waals surface area contributed by atoms with Crippen molar-refractivity contribution in [3.63, 3.8) is 0 Å². The van der Waals surface area contributed by atoms with Gasteiger partial charge in [-0.15, -0.1) is 0 Å². The SMILES string of the molecule is CCOC(=O)C1CCCN1C(=O)C1CCCN(C(C)=O)C1. The molecule has 2 aliphatic heterocycles. The first-order valence-electron chi connectivity index (χ1n) is 7.77. The van der Waals surface area contributed by atoms with Crippen molar-refractivity contribution in [2.24, 2.45) is 5.92 Å². The molecule has 0 aliphatic carbocycles. The van der Waals surface area contributed by atoms with E-state index >= 15 is 0 Å². The zero-order chi connectivity index (χ0) is 15.4. The Bertz CT molecular complexity index is 424. The summed E-state index contributed by atoms with van der Waals surface area (Å²) in [5.41, 5.74) is 0. The van der Waals surface area contributed by atoms with Gasteiger partial charge in [0.15, 0.2) is 0 Å². The van der Waals surface area contributed by atoms with E-state index in [0.717, 1.165) is 25.8 Å². The van der Waals surface area contributed by atoms with E-state index in [1.54, 1.807) is 16.7 Å². The van der Waals surface area contributed by atoms with Crippen LogP contribution >= 0.6 is 0 Å². The summed E-state index contributed by atoms with van der Waals surface area (Å²) in [6.07, 6.45) is 3.13. The summed E-state index contributed by atoms with van der Waals surface area (Å²) >= 11 is 0. The highest BCUT2D eigenvalue weighted by Crippen LogP contribution is 2.25. The van der Waals surface area contributed by atoms with Crippen molar-refractivity contribution in [3.8, 4) is 0 Å². The smallest absolute Gasteiger partial charge is 0.328 e. The average Bonchev–Trinajstić information content (AvgIpc) is 2.96. The lowest BCUT2D eigenvalue weighted by Gasteiger charge is -2.34. The lowest BCUT2D eigenvalue weighted by molar-refractivity contribution is -0.155. The van der Waals surface area contributed by atoms with Crippen LogP contribution in [0.4, 0.5) is 0 Å². The zero-order valence-electron chi connectivity index (χ0n) is 12.8. The van der Waals surface area contributed by atoms with Crippen LogP contribution in [0.5, 0.6) is 0 Å². The van der Waals surface area contributed by atoms with Gasteiger partial charge in [0.2, 0.25) is 11.8 Å². The van der Waals surface area contributed by atoms with Gasteiger partial charge < -0.3 is 14.5 Å². The molecule has 2 rings (SSSR count). The van der Waals surface area contributed by atoms with Crippen molar-refractivity contribution >= 4 is 17.8 Å². The van der Waals surface area contributed by atoms with Crippen molar-refractivity contribution in [2.75, 3.05) is 26.2 Å². The highest BCUT2D eigenvalue weighted by atomic mass is 16.5. The second-order valence-electron chi connectivity index (χ2n) is 5.75. The molecular formula is C15H24N2O4. The highest BCUT2D eigenvalue weighted by molar-refractivity contribution is 5.87. The Balaban J connectivity index is 2.01. The van der Waals surface area contributed by atoms with Gasteiger partial charge in [0.05, 0.1) is 12.5 Å². The van der Waals surface area contributed by atoms with E-state index in [0.29, 0.717) is 26.1 Å². The third kappa shape index (κ3) is 3.54. The molecule has 2 atom stereocenters. The molecule has 0 aromatic carbocycles. The number of rotatable bonds is 3. The summed E-state index contributed by atoms with van der Waals surface area (Å²) < 4.78 is 5.06. The molecule has 6 heteroatoms. The summed E-state index contributed by atoms with van der Waals surface area (Å²) in [5.74, 6) is -0.479. The zero-order valence-corrected chi connectivity index (χ0v) is 12.8. The Morgan fingerprint density at radius 1 is 1.14 bits per heavy atom. The maximum atomic E-state index is 12.7. The van der Waals surface area contributed by atoms with Crippen molar-refractivity contribution in [1.82, 2.24) is 9.80 Å². The minimum Gasteiger partial charge on any atom is -0.464 e. The molecule has 0 radical (unpaired) electrons. The van der Waals surface area contributed by atoms with Crippen LogP contribution in [0, 0.1) is 5.92 Å². The number of likely N-dealkylation sites (tertiary alicyclic amines) is 2. The number of piperidine rings is 1. The Kier molecular flexibility index (Phi) is 5.20. The van der Waals surface area contributed by atoms with Crippen molar-refractivity contribution in [2.45, 2.75) is 45.6 Å². The molecule has 2 amide bonds. The summed E-state index contributed by atoms with van der Waals surface area (Å²) in [7, 11) is 0. The summed E-state index contributed by atoms with van der Waals surface area (Å²) in [6.45, 7) is 5.44. The fraction of sp³-hybridized carbons (Fsp3) is 0.800. The van der Waals surface area contributed by atoms with E-state index in [1.165, 1.54) is 6.92 Å². The number of nitrogens with zero attached hydrogens (tertiary/aromatic N) is 2. The molecule has 2 aliphatic rings. The lowest BCUT2D eigenvalue weighted by Crippen LogP contribution is -2.49. The second kappa shape index (κ2) is 6.91. The van der Waals surface area contributed by atoms with Crippen molar-refractivity contribution in [1.29, 1.82) is 0 Å². The van der Waals surface area contributed by atoms with Gasteiger partial charge >= 0.3 is 5.97 Å². The van der Waals surface area contributed by atoms with E-state index in [9.17, 15) is 14.4 Å². The molecular weight excluding hydrogens is 272 g/mol. The largest absolute Gasteiger partial charge is 0.464 e. The number of hydrogen-bond donors (Lipinski definition) is 0. The number of esters is 1. The fourth-order valence-corrected chi connectivity index (χ4v) is 3.21. The maximum absolute atomic E-state index is 12.7. The van der Waals surface area contributed by atoms with Crippen LogP contribution in [0.15, 0.2) is 0 Å². The quantitative estimate of drug-likeness (QED) is 0.723. The van der Waals surface area contributed by atoms with Crippen molar-refractivity contribution < 1.29 is 19.1 Å². The van der Waals surface area contributed by atoms with Crippen LogP contribution in [-0.2, 0) is 19.1 Å². The van der Waals surface area contributed by atoms with Crippen LogP contribution in [0.2, 0.25) is 0 Å². The van der Waals surface area contributed by atoms with E-state index in [1.807, 2.05) is 0 Å². The van der Waals surface area contributed by atoms with E-state index in [-0.39, 0.29) is 23.7 Å². The molecule has 0 spiro atoms. The fourth-order valence-electron chi connectivity index (χ4n) is 3.21. The molecule has 0 bridgehead atoms. The van der Waals surface area contributed by atoms with E-state index < -0.39 is 6.04 Å². The molecule has 21 heavy (non-hydrogen) atoms. The number of hydrogen-bond acceptors (Lipinski definition) is 4. The molecule has 0 saturated carbocycles. The van der Waals surface area contributed by atoms with Gasteiger partial charge in [0.25, 0.3) is 0 Å². The number of carbonyl (C=O) groups is 3. The minimum absolute atomic E-state index is 0.00324. The van der Waals surface area contributed by atoms with Gasteiger partial charge in [-0.3, -0.25) is 9.59 Å². The Morgan fingerprint density at radius 3 is 2.52 bits per heavy atom. The van der Waals surface area contributed by atoms with Crippen LogP contribution in [0.25, 0.3) is 0 Å². The Hall–Kier alpha value is -1.59. The normalized spacial score (nSPS) is 25.8. The molecule has 0 N–H and O–H groups in total. The second-order valence-corrected chi connectivity index (χ2v) is 5.75. The molecule has 118 valence electrons. The highest BCUT2D eigenvalue weighted by Gasteiger charge is 2.39. The first-order chi connectivity index (χ1) is 10.0. The summed E-state index contributed by atoms with van der Waals surface area (Å²) in [4.78, 5) is 39.5. The van der Waals surface area contributed by atoms with E-state index in [2.05, 4.69) is 0 Å². The van der Waals surface area contributed by atoms with Gasteiger partial charge in [-0.2, -0.15) is 0 Å². The number of carbonyl (C=O) groups excluding carboxylic acids is 3. The van der Waals surface area contributed by atoms with Crippen LogP contribution < -0.4 is 0 Å². The minimum atomic E-state index is -0.440. The predicted molar refractivity (Wildman–Crippen MR) is 76.3 cm³/mol. The molecule has 2 saturated heterocycles. The summed E-state index contributed by atoms with van der Waals surface area (Å²) in [5, 5.41) is 0. The van der Waals surface area contributed by atoms with Gasteiger partial charge in [-0.25, -0.2) is 4.79 Å². The molecule has 2 unspecified atom stereocenters. The predicted octanol–water partition coefficient (Wildman–Crippen LogP) is 0.799. The summed E-state index contributed by atoms with van der Waals surface area (Å²) in [6, 6.07) is -0.440. The third-order valence-corrected chi connectivity index (χ3v) is 4.31. The van der Waals surface area contributed by atoms with E-state index in [4.69, 9.17) is 4.74 Å². The number of ether oxygens (including phenoxy) is 1. The monoisotopic (exact) mass is 296 g/mol. The third-order valence-electron chi connectivity index (χ3n) is 4.31. The average molecular weight is 296 g/mol. The van der Waals surface area contributed by atoms with Crippen LogP contribution in [-0.4, -0.2) is 59.9 Å². The van der Waals surface area contributed by atoms with Crippen molar-refractivity contribution in [3.05, 3.63) is 0 Å². The van der Waals surface area contributed by atoms with Crippen LogP contribution in [0.1, 0.15) is 39.5 Å². The van der Waals surface area contributed by atoms with Gasteiger partial charge in [-0.1, -0.05) is 0 Å². The van der Waals surface area contributed by atoms with Crippen LogP contribution in [0.3, 0.4) is 0 Å². The van der Waals surface area contributed by atoms with Gasteiger partial charge in [-0.05, 0) is 32.6 Å². The lowest BCUT2D eigenvalue weighted by atomic mass is 9.96. The number of amides is 2. The Labute approximate surface area is 125 Å². The Morgan fingerprint density at radius 2 is 1.86 bits per heavy atom. The maximum Gasteiger partial charge on any atom is 0.328 e. The molecule has 0 aromatic heterocycles. The van der Waals surface area contributed by atoms with Gasteiger partial charge in [0.1, 0.15) is 6.04 Å². The molecule has 6 nitrogen and oxygen atoms in total. The first kappa shape index (κ1) is 15.8. The molecule has 2 heterocycles. The first-order valence-corrected chi connectivity index (χ1v) is 7.77. The standard InChI is InChI=1S/C15H24N2O4/c1-3-21-15(20)13-7-5-9-17(13)14(19)12-6-4-8-16(10-12)11(2)18/h12-13H,3-10H2,1-2H3. The topological polar surface area (TPSA) is 66.9 Å².